The molecule has 0 aliphatic rings. The lowest BCUT2D eigenvalue weighted by Crippen LogP contribution is -1.99. The van der Waals surface area contributed by atoms with Crippen molar-refractivity contribution in [3.63, 3.8) is 0 Å². The Morgan fingerprint density at radius 3 is 2.71 bits per heavy atom. The average molecular weight is 213 g/mol. The van der Waals surface area contributed by atoms with E-state index in [1.165, 1.54) is 12.8 Å². The van der Waals surface area contributed by atoms with Gasteiger partial charge in [-0.2, -0.15) is 0 Å². The molecule has 1 aromatic carbocycles. The predicted molar refractivity (Wildman–Crippen MR) is 61.0 cm³/mol. The second-order valence-corrected chi connectivity index (χ2v) is 3.56. The number of benzene rings is 1. The summed E-state index contributed by atoms with van der Waals surface area (Å²) < 4.78 is 5.65. The minimum absolute atomic E-state index is 0.518. The van der Waals surface area contributed by atoms with E-state index >= 15 is 0 Å². The van der Waals surface area contributed by atoms with Gasteiger partial charge in [0.2, 0.25) is 0 Å². The fourth-order valence-electron chi connectivity index (χ4n) is 1.29. The van der Waals surface area contributed by atoms with Crippen molar-refractivity contribution in [3.05, 3.63) is 29.8 Å². The molecular formula is C12H17ClO. The summed E-state index contributed by atoms with van der Waals surface area (Å²) in [5.74, 6) is 1.45. The highest BCUT2D eigenvalue weighted by Crippen LogP contribution is 2.19. The Morgan fingerprint density at radius 2 is 2.00 bits per heavy atom. The molecule has 0 N–H and O–H groups in total. The third kappa shape index (κ3) is 3.59. The monoisotopic (exact) mass is 212 g/mol. The van der Waals surface area contributed by atoms with Crippen molar-refractivity contribution in [1.82, 2.24) is 0 Å². The molecule has 0 aliphatic carbocycles. The van der Waals surface area contributed by atoms with Crippen LogP contribution in [0, 0.1) is 0 Å². The van der Waals surface area contributed by atoms with Gasteiger partial charge in [-0.3, -0.25) is 0 Å². The Morgan fingerprint density at radius 1 is 1.21 bits per heavy atom. The molecule has 78 valence electrons. The van der Waals surface area contributed by atoms with Crippen molar-refractivity contribution in [3.8, 4) is 5.75 Å². The fraction of sp³-hybridized carbons (Fsp3) is 0.500. The third-order valence-corrected chi connectivity index (χ3v) is 2.41. The smallest absolute Gasteiger partial charge is 0.123 e. The molecule has 0 aromatic heterocycles. The molecule has 0 bridgehead atoms. The Hall–Kier alpha value is -0.690. The molecule has 0 atom stereocenters. The number of hydrogen-bond acceptors (Lipinski definition) is 1. The highest BCUT2D eigenvalue weighted by molar-refractivity contribution is 6.17. The molecule has 0 aliphatic heterocycles. The fourth-order valence-corrected chi connectivity index (χ4v) is 1.51. The summed E-state index contributed by atoms with van der Waals surface area (Å²) in [6.07, 6.45) is 3.57. The van der Waals surface area contributed by atoms with Crippen molar-refractivity contribution in [1.29, 1.82) is 0 Å². The first-order valence-corrected chi connectivity index (χ1v) is 5.68. The maximum Gasteiger partial charge on any atom is 0.123 e. The summed E-state index contributed by atoms with van der Waals surface area (Å²) in [5, 5.41) is 0. The van der Waals surface area contributed by atoms with Gasteiger partial charge in [-0.25, -0.2) is 0 Å². The zero-order valence-electron chi connectivity index (χ0n) is 8.63. The van der Waals surface area contributed by atoms with Crippen LogP contribution in [0.25, 0.3) is 0 Å². The minimum atomic E-state index is 0.518. The van der Waals surface area contributed by atoms with E-state index < -0.39 is 0 Å². The van der Waals surface area contributed by atoms with Crippen LogP contribution < -0.4 is 4.74 Å². The second kappa shape index (κ2) is 6.72. The lowest BCUT2D eigenvalue weighted by atomic mass is 10.2. The maximum atomic E-state index is 5.79. The van der Waals surface area contributed by atoms with E-state index in [0.29, 0.717) is 5.88 Å². The average Bonchev–Trinajstić information content (AvgIpc) is 2.25. The minimum Gasteiger partial charge on any atom is -0.493 e. The molecule has 0 fully saturated rings. The molecular weight excluding hydrogens is 196 g/mol. The van der Waals surface area contributed by atoms with Gasteiger partial charge in [0.1, 0.15) is 5.75 Å². The van der Waals surface area contributed by atoms with E-state index in [1.807, 2.05) is 24.3 Å². The highest BCUT2D eigenvalue weighted by Gasteiger charge is 2.00. The number of para-hydroxylation sites is 1. The van der Waals surface area contributed by atoms with Crippen molar-refractivity contribution in [2.24, 2.45) is 0 Å². The van der Waals surface area contributed by atoms with Crippen LogP contribution in [0.1, 0.15) is 31.7 Å². The first-order chi connectivity index (χ1) is 6.88. The number of hydrogen-bond donors (Lipinski definition) is 0. The molecule has 14 heavy (non-hydrogen) atoms. The molecule has 0 saturated carbocycles. The lowest BCUT2D eigenvalue weighted by molar-refractivity contribution is 0.304. The Kier molecular flexibility index (Phi) is 5.46. The highest BCUT2D eigenvalue weighted by atomic mass is 35.5. The van der Waals surface area contributed by atoms with Gasteiger partial charge in [0.15, 0.2) is 0 Å². The summed E-state index contributed by atoms with van der Waals surface area (Å²) in [5.41, 5.74) is 1.07. The van der Waals surface area contributed by atoms with Crippen LogP contribution in [0.5, 0.6) is 5.75 Å². The molecule has 0 saturated heterocycles. The van der Waals surface area contributed by atoms with Gasteiger partial charge < -0.3 is 4.74 Å². The summed E-state index contributed by atoms with van der Waals surface area (Å²) in [6.45, 7) is 2.98. The van der Waals surface area contributed by atoms with Gasteiger partial charge in [0.25, 0.3) is 0 Å². The Bertz CT molecular complexity index is 260. The molecule has 1 rings (SSSR count). The van der Waals surface area contributed by atoms with Crippen molar-refractivity contribution >= 4 is 11.6 Å². The number of rotatable bonds is 6. The quantitative estimate of drug-likeness (QED) is 0.512. The molecule has 0 radical (unpaired) electrons. The largest absolute Gasteiger partial charge is 0.493 e. The van der Waals surface area contributed by atoms with Gasteiger partial charge in [0.05, 0.1) is 12.5 Å². The molecule has 0 heterocycles. The summed E-state index contributed by atoms with van der Waals surface area (Å²) >= 11 is 5.79. The Labute approximate surface area is 91.0 Å². The first kappa shape index (κ1) is 11.4. The zero-order chi connectivity index (χ0) is 10.2. The van der Waals surface area contributed by atoms with E-state index in [2.05, 4.69) is 6.92 Å². The first-order valence-electron chi connectivity index (χ1n) is 5.15. The Balaban J connectivity index is 2.41. The molecule has 1 nitrogen and oxygen atoms in total. The summed E-state index contributed by atoms with van der Waals surface area (Å²) in [4.78, 5) is 0. The van der Waals surface area contributed by atoms with E-state index in [9.17, 15) is 0 Å². The van der Waals surface area contributed by atoms with Crippen molar-refractivity contribution in [2.45, 2.75) is 32.1 Å². The van der Waals surface area contributed by atoms with Crippen molar-refractivity contribution < 1.29 is 4.74 Å². The molecule has 1 aromatic rings. The van der Waals surface area contributed by atoms with Crippen LogP contribution in [0.15, 0.2) is 24.3 Å². The van der Waals surface area contributed by atoms with E-state index in [0.717, 1.165) is 24.3 Å². The molecule has 0 spiro atoms. The van der Waals surface area contributed by atoms with Crippen LogP contribution in [0.4, 0.5) is 0 Å². The zero-order valence-corrected chi connectivity index (χ0v) is 9.39. The van der Waals surface area contributed by atoms with E-state index in [-0.39, 0.29) is 0 Å². The van der Waals surface area contributed by atoms with Gasteiger partial charge in [-0.1, -0.05) is 38.0 Å². The summed E-state index contributed by atoms with van der Waals surface area (Å²) in [7, 11) is 0. The van der Waals surface area contributed by atoms with E-state index in [4.69, 9.17) is 16.3 Å². The van der Waals surface area contributed by atoms with Gasteiger partial charge >= 0.3 is 0 Å². The second-order valence-electron chi connectivity index (χ2n) is 3.30. The van der Waals surface area contributed by atoms with Crippen LogP contribution in [0.3, 0.4) is 0 Å². The number of halogens is 1. The van der Waals surface area contributed by atoms with Crippen LogP contribution in [-0.4, -0.2) is 6.61 Å². The standard InChI is InChI=1S/C12H17ClO/c1-2-3-6-9-14-12-8-5-4-7-11(12)10-13/h4-5,7-8H,2-3,6,9-10H2,1H3. The SMILES string of the molecule is CCCCCOc1ccccc1CCl. The predicted octanol–water partition coefficient (Wildman–Crippen LogP) is 3.99. The van der Waals surface area contributed by atoms with Crippen LogP contribution >= 0.6 is 11.6 Å². The molecule has 0 unspecified atom stereocenters. The molecule has 0 amide bonds. The third-order valence-electron chi connectivity index (χ3n) is 2.12. The molecule has 2 heteroatoms. The van der Waals surface area contributed by atoms with Gasteiger partial charge in [-0.15, -0.1) is 11.6 Å². The topological polar surface area (TPSA) is 9.23 Å². The van der Waals surface area contributed by atoms with Crippen LogP contribution in [0.2, 0.25) is 0 Å². The maximum absolute atomic E-state index is 5.79. The normalized spacial score (nSPS) is 10.1. The van der Waals surface area contributed by atoms with Gasteiger partial charge in [-0.05, 0) is 12.5 Å². The number of ether oxygens (including phenoxy) is 1. The van der Waals surface area contributed by atoms with Crippen molar-refractivity contribution in [2.75, 3.05) is 6.61 Å². The number of unbranched alkanes of at least 4 members (excludes halogenated alkanes) is 2. The summed E-state index contributed by atoms with van der Waals surface area (Å²) in [6, 6.07) is 7.94. The van der Waals surface area contributed by atoms with Gasteiger partial charge in [0, 0.05) is 5.56 Å². The lowest BCUT2D eigenvalue weighted by Gasteiger charge is -2.08. The van der Waals surface area contributed by atoms with E-state index in [1.54, 1.807) is 0 Å². The number of alkyl halides is 1. The van der Waals surface area contributed by atoms with Crippen LogP contribution in [-0.2, 0) is 5.88 Å².